The molecule has 0 fully saturated rings. The van der Waals surface area contributed by atoms with E-state index in [1.54, 1.807) is 7.11 Å². The predicted octanol–water partition coefficient (Wildman–Crippen LogP) is 2.40. The van der Waals surface area contributed by atoms with Gasteiger partial charge in [-0.05, 0) is 50.1 Å². The number of rotatable bonds is 11. The summed E-state index contributed by atoms with van der Waals surface area (Å²) in [6.07, 6.45) is 4.80. The molecular weight excluding hydrogens is 212 g/mol. The van der Waals surface area contributed by atoms with Crippen molar-refractivity contribution in [2.75, 3.05) is 33.4 Å². The number of nitrogens with two attached hydrogens (primary N) is 1. The summed E-state index contributed by atoms with van der Waals surface area (Å²) in [6, 6.07) is 0. The molecule has 0 bridgehead atoms. The van der Waals surface area contributed by atoms with Crippen molar-refractivity contribution in [3.63, 3.8) is 0 Å². The van der Waals surface area contributed by atoms with Crippen LogP contribution in [0.15, 0.2) is 0 Å². The number of nitrogens with one attached hydrogen (secondary N) is 1. The molecule has 0 aliphatic rings. The summed E-state index contributed by atoms with van der Waals surface area (Å²) in [5.41, 5.74) is 5.87. The quantitative estimate of drug-likeness (QED) is 0.549. The minimum absolute atomic E-state index is 0.332. The highest BCUT2D eigenvalue weighted by atomic mass is 16.5. The van der Waals surface area contributed by atoms with Gasteiger partial charge >= 0.3 is 0 Å². The van der Waals surface area contributed by atoms with E-state index < -0.39 is 0 Å². The van der Waals surface area contributed by atoms with Crippen molar-refractivity contribution in [1.82, 2.24) is 5.32 Å². The van der Waals surface area contributed by atoms with Gasteiger partial charge < -0.3 is 15.8 Å². The normalized spacial score (nSPS) is 13.9. The summed E-state index contributed by atoms with van der Waals surface area (Å²) < 4.78 is 5.12. The maximum Gasteiger partial charge on any atom is 0.0467 e. The van der Waals surface area contributed by atoms with Crippen molar-refractivity contribution in [3.8, 4) is 0 Å². The monoisotopic (exact) mass is 244 g/mol. The van der Waals surface area contributed by atoms with Crippen LogP contribution in [0.4, 0.5) is 0 Å². The molecule has 1 unspecified atom stereocenters. The fourth-order valence-electron chi connectivity index (χ4n) is 1.90. The highest BCUT2D eigenvalue weighted by Crippen LogP contribution is 2.18. The molecule has 0 aliphatic heterocycles. The zero-order chi connectivity index (χ0) is 13.1. The molecule has 0 aromatic carbocycles. The largest absolute Gasteiger partial charge is 0.385 e. The third-order valence-electron chi connectivity index (χ3n) is 3.30. The van der Waals surface area contributed by atoms with Crippen LogP contribution in [0.25, 0.3) is 0 Å². The molecule has 0 radical (unpaired) electrons. The molecule has 0 aromatic rings. The average Bonchev–Trinajstić information content (AvgIpc) is 2.26. The first-order valence-electron chi connectivity index (χ1n) is 6.91. The number of methoxy groups -OCH3 is 1. The lowest BCUT2D eigenvalue weighted by Crippen LogP contribution is -2.31. The molecule has 17 heavy (non-hydrogen) atoms. The van der Waals surface area contributed by atoms with Gasteiger partial charge in [0.15, 0.2) is 0 Å². The molecule has 0 saturated heterocycles. The second-order valence-electron chi connectivity index (χ2n) is 5.91. The predicted molar refractivity (Wildman–Crippen MR) is 75.2 cm³/mol. The smallest absolute Gasteiger partial charge is 0.0467 e. The molecule has 0 rings (SSSR count). The van der Waals surface area contributed by atoms with E-state index in [1.807, 2.05) is 0 Å². The van der Waals surface area contributed by atoms with Crippen molar-refractivity contribution >= 4 is 0 Å². The van der Waals surface area contributed by atoms with E-state index in [0.717, 1.165) is 45.0 Å². The minimum atomic E-state index is 0.332. The Morgan fingerprint density at radius 3 is 2.59 bits per heavy atom. The third-order valence-corrected chi connectivity index (χ3v) is 3.30. The molecule has 0 heterocycles. The highest BCUT2D eigenvalue weighted by Gasteiger charge is 2.16. The van der Waals surface area contributed by atoms with Gasteiger partial charge in [-0.3, -0.25) is 0 Å². The summed E-state index contributed by atoms with van der Waals surface area (Å²) in [5, 5.41) is 3.55. The molecule has 1 atom stereocenters. The number of ether oxygens (including phenoxy) is 1. The highest BCUT2D eigenvalue weighted by molar-refractivity contribution is 4.71. The maximum absolute atomic E-state index is 5.54. The van der Waals surface area contributed by atoms with Crippen LogP contribution < -0.4 is 11.1 Å². The van der Waals surface area contributed by atoms with Gasteiger partial charge in [-0.2, -0.15) is 0 Å². The van der Waals surface area contributed by atoms with E-state index in [0.29, 0.717) is 5.41 Å². The average molecular weight is 244 g/mol. The Balaban J connectivity index is 3.43. The summed E-state index contributed by atoms with van der Waals surface area (Å²) in [6.45, 7) is 10.7. The van der Waals surface area contributed by atoms with Gasteiger partial charge in [-0.1, -0.05) is 20.8 Å². The number of hydrogen-bond donors (Lipinski definition) is 2. The first kappa shape index (κ1) is 16.9. The standard InChI is InChI=1S/C14H32N2O/c1-13(7-9-15)6-5-10-16-12-14(2,3)8-11-17-4/h13,16H,5-12,15H2,1-4H3. The van der Waals surface area contributed by atoms with Crippen molar-refractivity contribution in [3.05, 3.63) is 0 Å². The third kappa shape index (κ3) is 10.7. The topological polar surface area (TPSA) is 47.3 Å². The first-order chi connectivity index (χ1) is 8.02. The Labute approximate surface area is 107 Å². The Kier molecular flexibility index (Phi) is 9.79. The molecular formula is C14H32N2O. The van der Waals surface area contributed by atoms with Crippen LogP contribution in [-0.2, 0) is 4.74 Å². The van der Waals surface area contributed by atoms with Crippen molar-refractivity contribution in [2.45, 2.75) is 46.5 Å². The summed E-state index contributed by atoms with van der Waals surface area (Å²) >= 11 is 0. The van der Waals surface area contributed by atoms with E-state index >= 15 is 0 Å². The molecule has 0 spiro atoms. The van der Waals surface area contributed by atoms with Crippen molar-refractivity contribution in [2.24, 2.45) is 17.1 Å². The Morgan fingerprint density at radius 2 is 2.00 bits per heavy atom. The fraction of sp³-hybridized carbons (Fsp3) is 1.00. The van der Waals surface area contributed by atoms with E-state index in [1.165, 1.54) is 12.8 Å². The molecule has 3 nitrogen and oxygen atoms in total. The van der Waals surface area contributed by atoms with Crippen LogP contribution >= 0.6 is 0 Å². The van der Waals surface area contributed by atoms with Crippen LogP contribution in [0.3, 0.4) is 0 Å². The van der Waals surface area contributed by atoms with Crippen molar-refractivity contribution < 1.29 is 4.74 Å². The lowest BCUT2D eigenvalue weighted by Gasteiger charge is -2.24. The lowest BCUT2D eigenvalue weighted by molar-refractivity contribution is 0.151. The van der Waals surface area contributed by atoms with Gasteiger partial charge in [0.25, 0.3) is 0 Å². The maximum atomic E-state index is 5.54. The van der Waals surface area contributed by atoms with E-state index in [2.05, 4.69) is 26.1 Å². The molecule has 3 heteroatoms. The van der Waals surface area contributed by atoms with Crippen molar-refractivity contribution in [1.29, 1.82) is 0 Å². The Morgan fingerprint density at radius 1 is 1.29 bits per heavy atom. The lowest BCUT2D eigenvalue weighted by atomic mass is 9.89. The molecule has 3 N–H and O–H groups in total. The molecule has 104 valence electrons. The van der Waals surface area contributed by atoms with Crippen LogP contribution in [0, 0.1) is 11.3 Å². The van der Waals surface area contributed by atoms with Gasteiger partial charge in [-0.25, -0.2) is 0 Å². The summed E-state index contributed by atoms with van der Waals surface area (Å²) in [5.74, 6) is 0.767. The zero-order valence-corrected chi connectivity index (χ0v) is 12.2. The van der Waals surface area contributed by atoms with Crippen LogP contribution in [0.2, 0.25) is 0 Å². The van der Waals surface area contributed by atoms with Crippen LogP contribution in [0.5, 0.6) is 0 Å². The second kappa shape index (κ2) is 9.86. The van der Waals surface area contributed by atoms with E-state index in [-0.39, 0.29) is 0 Å². The molecule has 0 aliphatic carbocycles. The SMILES string of the molecule is COCCC(C)(C)CNCCCC(C)CCN. The Hall–Kier alpha value is -0.120. The number of hydrogen-bond acceptors (Lipinski definition) is 3. The van der Waals surface area contributed by atoms with Gasteiger partial charge in [0.05, 0.1) is 0 Å². The van der Waals surface area contributed by atoms with Gasteiger partial charge in [-0.15, -0.1) is 0 Å². The van der Waals surface area contributed by atoms with Crippen LogP contribution in [0.1, 0.15) is 46.5 Å². The van der Waals surface area contributed by atoms with Gasteiger partial charge in [0.1, 0.15) is 0 Å². The minimum Gasteiger partial charge on any atom is -0.385 e. The summed E-state index contributed by atoms with van der Waals surface area (Å²) in [4.78, 5) is 0. The molecule has 0 saturated carbocycles. The van der Waals surface area contributed by atoms with E-state index in [9.17, 15) is 0 Å². The fourth-order valence-corrected chi connectivity index (χ4v) is 1.90. The van der Waals surface area contributed by atoms with Crippen LogP contribution in [-0.4, -0.2) is 33.4 Å². The van der Waals surface area contributed by atoms with E-state index in [4.69, 9.17) is 10.5 Å². The molecule has 0 amide bonds. The van der Waals surface area contributed by atoms with Gasteiger partial charge in [0, 0.05) is 20.3 Å². The zero-order valence-electron chi connectivity index (χ0n) is 12.2. The molecule has 0 aromatic heterocycles. The Bertz CT molecular complexity index is 172. The first-order valence-corrected chi connectivity index (χ1v) is 6.91. The van der Waals surface area contributed by atoms with Gasteiger partial charge in [0.2, 0.25) is 0 Å². The second-order valence-corrected chi connectivity index (χ2v) is 5.91. The summed E-state index contributed by atoms with van der Waals surface area (Å²) in [7, 11) is 1.77.